The van der Waals surface area contributed by atoms with Crippen molar-refractivity contribution in [3.8, 4) is 0 Å². The minimum atomic E-state index is 0.308. The van der Waals surface area contributed by atoms with Gasteiger partial charge in [0.15, 0.2) is 0 Å². The van der Waals surface area contributed by atoms with Gasteiger partial charge in [-0.2, -0.15) is 5.10 Å². The summed E-state index contributed by atoms with van der Waals surface area (Å²) in [5, 5.41) is 7.72. The van der Waals surface area contributed by atoms with Crippen molar-refractivity contribution in [2.75, 3.05) is 20.1 Å². The van der Waals surface area contributed by atoms with E-state index in [0.717, 1.165) is 25.5 Å². The molecule has 1 fully saturated rings. The molecule has 1 aromatic rings. The van der Waals surface area contributed by atoms with Crippen LogP contribution < -0.4 is 5.32 Å². The molecule has 1 N–H and O–H groups in total. The lowest BCUT2D eigenvalue weighted by Crippen LogP contribution is -2.49. The highest BCUT2D eigenvalue weighted by Gasteiger charge is 2.28. The minimum absolute atomic E-state index is 0.308. The van der Waals surface area contributed by atoms with Gasteiger partial charge in [-0.1, -0.05) is 0 Å². The molecule has 5 heteroatoms. The summed E-state index contributed by atoms with van der Waals surface area (Å²) >= 11 is 0. The van der Waals surface area contributed by atoms with Crippen LogP contribution in [0.1, 0.15) is 45.5 Å². The average Bonchev–Trinajstić information content (AvgIpc) is 2.81. The van der Waals surface area contributed by atoms with Crippen molar-refractivity contribution >= 4 is 0 Å². The number of hydrogen-bond donors (Lipinski definition) is 1. The zero-order valence-corrected chi connectivity index (χ0v) is 12.0. The predicted octanol–water partition coefficient (Wildman–Crippen LogP) is 1.43. The van der Waals surface area contributed by atoms with Gasteiger partial charge in [0.1, 0.15) is 12.2 Å². The number of rotatable bonds is 4. The molecule has 1 aromatic heterocycles. The molecule has 0 spiro atoms. The molecule has 0 aliphatic carbocycles. The van der Waals surface area contributed by atoms with Gasteiger partial charge in [-0.3, -0.25) is 4.90 Å². The van der Waals surface area contributed by atoms with E-state index in [0.29, 0.717) is 11.6 Å². The van der Waals surface area contributed by atoms with Crippen LogP contribution in [-0.2, 0) is 6.54 Å². The number of likely N-dealkylation sites (tertiary alicyclic amines) is 1. The molecule has 2 rings (SSSR count). The Bertz CT molecular complexity index is 376. The molecular formula is C13H25N5. The smallest absolute Gasteiger partial charge is 0.141 e. The van der Waals surface area contributed by atoms with E-state index in [2.05, 4.69) is 48.1 Å². The first-order valence-corrected chi connectivity index (χ1v) is 6.84. The number of nitrogens with one attached hydrogen (secondary N) is 1. The predicted molar refractivity (Wildman–Crippen MR) is 72.4 cm³/mol. The number of aromatic nitrogens is 3. The van der Waals surface area contributed by atoms with Crippen LogP contribution in [0, 0.1) is 0 Å². The van der Waals surface area contributed by atoms with Crippen molar-refractivity contribution in [3.63, 3.8) is 0 Å². The summed E-state index contributed by atoms with van der Waals surface area (Å²) in [6.45, 7) is 9.77. The van der Waals surface area contributed by atoms with Crippen LogP contribution in [0.4, 0.5) is 0 Å². The van der Waals surface area contributed by atoms with Crippen molar-refractivity contribution in [1.82, 2.24) is 25.0 Å². The fourth-order valence-electron chi connectivity index (χ4n) is 2.47. The Labute approximate surface area is 110 Å². The number of hydrogen-bond acceptors (Lipinski definition) is 4. The lowest BCUT2D eigenvalue weighted by atomic mass is 9.90. The minimum Gasteiger partial charge on any atom is -0.314 e. The average molecular weight is 251 g/mol. The highest BCUT2D eigenvalue weighted by Crippen LogP contribution is 2.22. The first-order valence-electron chi connectivity index (χ1n) is 6.84. The van der Waals surface area contributed by atoms with Crippen LogP contribution in [0.3, 0.4) is 0 Å². The molecule has 0 amide bonds. The molecular weight excluding hydrogens is 226 g/mol. The van der Waals surface area contributed by atoms with Gasteiger partial charge >= 0.3 is 0 Å². The second kappa shape index (κ2) is 5.36. The third-order valence-electron chi connectivity index (χ3n) is 4.06. The highest BCUT2D eigenvalue weighted by molar-refractivity contribution is 4.92. The molecule has 102 valence electrons. The van der Waals surface area contributed by atoms with Crippen molar-refractivity contribution < 1.29 is 0 Å². The van der Waals surface area contributed by atoms with Crippen LogP contribution in [0.2, 0.25) is 0 Å². The van der Waals surface area contributed by atoms with Crippen molar-refractivity contribution in [2.45, 2.75) is 51.7 Å². The molecule has 18 heavy (non-hydrogen) atoms. The van der Waals surface area contributed by atoms with E-state index in [4.69, 9.17) is 0 Å². The Morgan fingerprint density at radius 3 is 2.61 bits per heavy atom. The molecule has 0 saturated carbocycles. The van der Waals surface area contributed by atoms with Crippen LogP contribution in [0.25, 0.3) is 0 Å². The molecule has 0 bridgehead atoms. The van der Waals surface area contributed by atoms with Gasteiger partial charge in [0.05, 0.1) is 6.54 Å². The van der Waals surface area contributed by atoms with E-state index in [9.17, 15) is 0 Å². The molecule has 0 atom stereocenters. The molecule has 1 saturated heterocycles. The Balaban J connectivity index is 1.94. The largest absolute Gasteiger partial charge is 0.314 e. The number of nitrogens with zero attached hydrogens (tertiary/aromatic N) is 4. The Morgan fingerprint density at radius 2 is 2.06 bits per heavy atom. The first kappa shape index (κ1) is 13.5. The van der Waals surface area contributed by atoms with E-state index in [1.165, 1.54) is 12.8 Å². The first-order chi connectivity index (χ1) is 8.54. The molecule has 0 unspecified atom stereocenters. The third kappa shape index (κ3) is 2.90. The van der Waals surface area contributed by atoms with Crippen LogP contribution in [-0.4, -0.2) is 45.3 Å². The summed E-state index contributed by atoms with van der Waals surface area (Å²) in [4.78, 5) is 6.86. The van der Waals surface area contributed by atoms with E-state index < -0.39 is 0 Å². The Morgan fingerprint density at radius 1 is 1.39 bits per heavy atom. The van der Waals surface area contributed by atoms with Crippen molar-refractivity contribution in [1.29, 1.82) is 0 Å². The highest BCUT2D eigenvalue weighted by atomic mass is 15.4. The summed E-state index contributed by atoms with van der Waals surface area (Å²) in [6.07, 6.45) is 4.05. The maximum atomic E-state index is 4.38. The summed E-state index contributed by atoms with van der Waals surface area (Å²) in [5.74, 6) is 1.08. The molecule has 0 aromatic carbocycles. The zero-order valence-electron chi connectivity index (χ0n) is 12.0. The van der Waals surface area contributed by atoms with Crippen LogP contribution >= 0.6 is 0 Å². The van der Waals surface area contributed by atoms with E-state index in [1.54, 1.807) is 6.33 Å². The topological polar surface area (TPSA) is 46.0 Å². The lowest BCUT2D eigenvalue weighted by Gasteiger charge is -2.39. The second-order valence-corrected chi connectivity index (χ2v) is 5.80. The quantitative estimate of drug-likeness (QED) is 0.879. The van der Waals surface area contributed by atoms with Gasteiger partial charge in [0.25, 0.3) is 0 Å². The lowest BCUT2D eigenvalue weighted by molar-refractivity contribution is 0.141. The SMILES string of the molecule is CNC1(C)CCN(Cc2ncnn2C(C)C)CC1. The maximum absolute atomic E-state index is 4.38. The van der Waals surface area contributed by atoms with E-state index >= 15 is 0 Å². The van der Waals surface area contributed by atoms with E-state index in [1.807, 2.05) is 4.68 Å². The summed E-state index contributed by atoms with van der Waals surface area (Å²) < 4.78 is 2.02. The van der Waals surface area contributed by atoms with E-state index in [-0.39, 0.29) is 0 Å². The normalized spacial score (nSPS) is 20.5. The Hall–Kier alpha value is -0.940. The van der Waals surface area contributed by atoms with Gasteiger partial charge in [0.2, 0.25) is 0 Å². The summed E-state index contributed by atoms with van der Waals surface area (Å²) in [6, 6.07) is 0.384. The summed E-state index contributed by atoms with van der Waals surface area (Å²) in [7, 11) is 2.06. The van der Waals surface area contributed by atoms with Crippen molar-refractivity contribution in [3.05, 3.63) is 12.2 Å². The van der Waals surface area contributed by atoms with Gasteiger partial charge in [-0.25, -0.2) is 9.67 Å². The second-order valence-electron chi connectivity index (χ2n) is 5.80. The fourth-order valence-corrected chi connectivity index (χ4v) is 2.47. The van der Waals surface area contributed by atoms with Crippen molar-refractivity contribution in [2.24, 2.45) is 0 Å². The third-order valence-corrected chi connectivity index (χ3v) is 4.06. The maximum Gasteiger partial charge on any atom is 0.141 e. The molecule has 1 aliphatic heterocycles. The van der Waals surface area contributed by atoms with Crippen LogP contribution in [0.5, 0.6) is 0 Å². The zero-order chi connectivity index (χ0) is 13.2. The van der Waals surface area contributed by atoms with Gasteiger partial charge in [-0.15, -0.1) is 0 Å². The molecule has 5 nitrogen and oxygen atoms in total. The standard InChI is InChI=1S/C13H25N5/c1-11(2)18-12(15-10-16-18)9-17-7-5-13(3,14-4)6-8-17/h10-11,14H,5-9H2,1-4H3. The molecule has 2 heterocycles. The number of piperidine rings is 1. The monoisotopic (exact) mass is 251 g/mol. The van der Waals surface area contributed by atoms with Gasteiger partial charge < -0.3 is 5.32 Å². The summed E-state index contributed by atoms with van der Waals surface area (Å²) in [5.41, 5.74) is 0.308. The fraction of sp³-hybridized carbons (Fsp3) is 0.846. The Kier molecular flexibility index (Phi) is 4.02. The van der Waals surface area contributed by atoms with Gasteiger partial charge in [-0.05, 0) is 40.7 Å². The van der Waals surface area contributed by atoms with Crippen LogP contribution in [0.15, 0.2) is 6.33 Å². The molecule has 0 radical (unpaired) electrons. The van der Waals surface area contributed by atoms with Gasteiger partial charge in [0, 0.05) is 24.7 Å². The molecule has 1 aliphatic rings.